The molecule has 1 N–H and O–H groups in total. The van der Waals surface area contributed by atoms with Crippen LogP contribution in [0.15, 0.2) is 12.1 Å². The minimum Gasteiger partial charge on any atom is -0.318 e. The molecule has 1 unspecified atom stereocenters. The summed E-state index contributed by atoms with van der Waals surface area (Å²) in [4.78, 5) is 40.7. The molecule has 1 aromatic rings. The van der Waals surface area contributed by atoms with Crippen LogP contribution < -0.4 is 5.32 Å². The van der Waals surface area contributed by atoms with Crippen molar-refractivity contribution >= 4 is 29.3 Å². The zero-order valence-corrected chi connectivity index (χ0v) is 11.9. The molecule has 0 aliphatic carbocycles. The van der Waals surface area contributed by atoms with Crippen molar-refractivity contribution in [3.8, 4) is 0 Å². The van der Waals surface area contributed by atoms with Gasteiger partial charge in [-0.25, -0.2) is 4.98 Å². The molecule has 0 aromatic carbocycles. The molecule has 7 heteroatoms. The van der Waals surface area contributed by atoms with Crippen LogP contribution in [0.4, 0.5) is 0 Å². The van der Waals surface area contributed by atoms with Crippen molar-refractivity contribution in [3.05, 3.63) is 28.5 Å². The second-order valence-electron chi connectivity index (χ2n) is 4.54. The van der Waals surface area contributed by atoms with Crippen LogP contribution in [0.1, 0.15) is 29.9 Å². The number of rotatable bonds is 2. The van der Waals surface area contributed by atoms with E-state index in [1.165, 1.54) is 11.0 Å². The fraction of sp³-hybridized carbons (Fsp3) is 0.385. The summed E-state index contributed by atoms with van der Waals surface area (Å²) in [6.45, 7) is 3.32. The molecule has 1 fully saturated rings. The molecule has 1 aliphatic heterocycles. The van der Waals surface area contributed by atoms with Crippen molar-refractivity contribution in [3.63, 3.8) is 0 Å². The molecule has 2 heterocycles. The summed E-state index contributed by atoms with van der Waals surface area (Å²) >= 11 is 5.88. The van der Waals surface area contributed by atoms with E-state index in [0.29, 0.717) is 17.7 Å². The number of aryl methyl sites for hydroxylation is 1. The van der Waals surface area contributed by atoms with Crippen molar-refractivity contribution in [1.29, 1.82) is 0 Å². The van der Waals surface area contributed by atoms with Gasteiger partial charge in [-0.1, -0.05) is 18.5 Å². The summed E-state index contributed by atoms with van der Waals surface area (Å²) in [5, 5.41) is 2.40. The SMILES string of the molecule is CCc1cc(C(=O)N2CC(=O)NC(=O)C2C)cc(Cl)n1. The summed E-state index contributed by atoms with van der Waals surface area (Å²) in [6.07, 6.45) is 0.635. The second kappa shape index (κ2) is 5.58. The highest BCUT2D eigenvalue weighted by Crippen LogP contribution is 2.16. The Hall–Kier alpha value is -1.95. The largest absolute Gasteiger partial charge is 0.318 e. The van der Waals surface area contributed by atoms with Gasteiger partial charge in [-0.2, -0.15) is 0 Å². The summed E-state index contributed by atoms with van der Waals surface area (Å²) in [6, 6.07) is 2.36. The van der Waals surface area contributed by atoms with Crippen molar-refractivity contribution < 1.29 is 14.4 Å². The lowest BCUT2D eigenvalue weighted by atomic mass is 10.1. The van der Waals surface area contributed by atoms with Crippen molar-refractivity contribution in [1.82, 2.24) is 15.2 Å². The van der Waals surface area contributed by atoms with Gasteiger partial charge in [-0.15, -0.1) is 0 Å². The fourth-order valence-corrected chi connectivity index (χ4v) is 2.21. The van der Waals surface area contributed by atoms with Crippen LogP contribution in [0.5, 0.6) is 0 Å². The van der Waals surface area contributed by atoms with Crippen LogP contribution in [0.2, 0.25) is 5.15 Å². The summed E-state index contributed by atoms with van der Waals surface area (Å²) in [5.74, 6) is -1.37. The maximum atomic E-state index is 12.4. The van der Waals surface area contributed by atoms with Crippen LogP contribution in [0, 0.1) is 0 Å². The standard InChI is InChI=1S/C13H14ClN3O3/c1-3-9-4-8(5-10(14)15-9)13(20)17-6-11(18)16-12(19)7(17)2/h4-5,7H,3,6H2,1-2H3,(H,16,18,19). The van der Waals surface area contributed by atoms with Crippen LogP contribution >= 0.6 is 11.6 Å². The van der Waals surface area contributed by atoms with E-state index in [1.54, 1.807) is 13.0 Å². The van der Waals surface area contributed by atoms with E-state index in [0.717, 1.165) is 0 Å². The van der Waals surface area contributed by atoms with Gasteiger partial charge >= 0.3 is 0 Å². The molecular formula is C13H14ClN3O3. The lowest BCUT2D eigenvalue weighted by Crippen LogP contribution is -2.58. The molecule has 1 aromatic heterocycles. The summed E-state index contributed by atoms with van der Waals surface area (Å²) in [7, 11) is 0. The third-order valence-electron chi connectivity index (χ3n) is 3.14. The van der Waals surface area contributed by atoms with Crippen LogP contribution in [0.3, 0.4) is 0 Å². The molecule has 1 saturated heterocycles. The molecule has 0 saturated carbocycles. The molecular weight excluding hydrogens is 282 g/mol. The number of nitrogens with zero attached hydrogens (tertiary/aromatic N) is 2. The Kier molecular flexibility index (Phi) is 4.04. The molecule has 6 nitrogen and oxygen atoms in total. The van der Waals surface area contributed by atoms with E-state index in [9.17, 15) is 14.4 Å². The topological polar surface area (TPSA) is 79.4 Å². The number of imide groups is 1. The van der Waals surface area contributed by atoms with Gasteiger partial charge < -0.3 is 4.90 Å². The lowest BCUT2D eigenvalue weighted by molar-refractivity contribution is -0.138. The molecule has 2 rings (SSSR count). The number of nitrogens with one attached hydrogen (secondary N) is 1. The molecule has 1 atom stereocenters. The number of hydrogen-bond donors (Lipinski definition) is 1. The number of carbonyl (C=O) groups is 3. The Morgan fingerprint density at radius 2 is 2.20 bits per heavy atom. The fourth-order valence-electron chi connectivity index (χ4n) is 1.98. The second-order valence-corrected chi connectivity index (χ2v) is 4.93. The number of halogens is 1. The van der Waals surface area contributed by atoms with Gasteiger partial charge in [0.05, 0.1) is 0 Å². The normalized spacial score (nSPS) is 18.9. The Morgan fingerprint density at radius 1 is 1.50 bits per heavy atom. The zero-order valence-electron chi connectivity index (χ0n) is 11.1. The van der Waals surface area contributed by atoms with Crippen molar-refractivity contribution in [2.45, 2.75) is 26.3 Å². The molecule has 1 aliphatic rings. The molecule has 3 amide bonds. The van der Waals surface area contributed by atoms with Gasteiger partial charge in [0.25, 0.3) is 5.91 Å². The minimum absolute atomic E-state index is 0.146. The zero-order chi connectivity index (χ0) is 14.9. The number of hydrogen-bond acceptors (Lipinski definition) is 4. The average molecular weight is 296 g/mol. The van der Waals surface area contributed by atoms with Gasteiger partial charge in [0.1, 0.15) is 17.7 Å². The van der Waals surface area contributed by atoms with E-state index < -0.39 is 23.8 Å². The molecule has 20 heavy (non-hydrogen) atoms. The third kappa shape index (κ3) is 2.80. The maximum absolute atomic E-state index is 12.4. The first-order chi connectivity index (χ1) is 9.42. The van der Waals surface area contributed by atoms with Gasteiger partial charge in [0.2, 0.25) is 11.8 Å². The Balaban J connectivity index is 2.32. The van der Waals surface area contributed by atoms with Crippen molar-refractivity contribution in [2.75, 3.05) is 6.54 Å². The monoisotopic (exact) mass is 295 g/mol. The molecule has 0 bridgehead atoms. The Morgan fingerprint density at radius 3 is 2.85 bits per heavy atom. The molecule has 0 radical (unpaired) electrons. The first-order valence-electron chi connectivity index (χ1n) is 6.23. The first kappa shape index (κ1) is 14.5. The highest BCUT2D eigenvalue weighted by Gasteiger charge is 2.34. The average Bonchev–Trinajstić information content (AvgIpc) is 2.41. The van der Waals surface area contributed by atoms with E-state index >= 15 is 0 Å². The number of pyridine rings is 1. The quantitative estimate of drug-likeness (QED) is 0.646. The predicted molar refractivity (Wildman–Crippen MR) is 72.3 cm³/mol. The highest BCUT2D eigenvalue weighted by atomic mass is 35.5. The maximum Gasteiger partial charge on any atom is 0.255 e. The van der Waals surface area contributed by atoms with E-state index in [2.05, 4.69) is 10.3 Å². The Bertz CT molecular complexity index is 588. The lowest BCUT2D eigenvalue weighted by Gasteiger charge is -2.31. The van der Waals surface area contributed by atoms with Crippen molar-refractivity contribution in [2.24, 2.45) is 0 Å². The number of amides is 3. The van der Waals surface area contributed by atoms with Gasteiger partial charge in [0.15, 0.2) is 0 Å². The van der Waals surface area contributed by atoms with Crippen LogP contribution in [-0.4, -0.2) is 40.2 Å². The molecule has 106 valence electrons. The van der Waals surface area contributed by atoms with E-state index in [-0.39, 0.29) is 11.7 Å². The van der Waals surface area contributed by atoms with Gasteiger partial charge in [-0.05, 0) is 25.5 Å². The Labute approximate surface area is 121 Å². The summed E-state index contributed by atoms with van der Waals surface area (Å²) < 4.78 is 0. The van der Waals surface area contributed by atoms with Gasteiger partial charge in [-0.3, -0.25) is 19.7 Å². The smallest absolute Gasteiger partial charge is 0.255 e. The van der Waals surface area contributed by atoms with Crippen LogP contribution in [-0.2, 0) is 16.0 Å². The number of aromatic nitrogens is 1. The van der Waals surface area contributed by atoms with Gasteiger partial charge in [0, 0.05) is 11.3 Å². The van der Waals surface area contributed by atoms with E-state index in [4.69, 9.17) is 11.6 Å². The predicted octanol–water partition coefficient (Wildman–Crippen LogP) is 0.784. The minimum atomic E-state index is -0.697. The molecule has 0 spiro atoms. The number of piperazine rings is 1. The number of carbonyl (C=O) groups excluding carboxylic acids is 3. The van der Waals surface area contributed by atoms with E-state index in [1.807, 2.05) is 6.92 Å². The third-order valence-corrected chi connectivity index (χ3v) is 3.33. The highest BCUT2D eigenvalue weighted by molar-refractivity contribution is 6.29. The summed E-state index contributed by atoms with van der Waals surface area (Å²) in [5.41, 5.74) is 1.01. The van der Waals surface area contributed by atoms with Crippen LogP contribution in [0.25, 0.3) is 0 Å². The first-order valence-corrected chi connectivity index (χ1v) is 6.61.